The number of ether oxygens (including phenoxy) is 1. The molecule has 0 unspecified atom stereocenters. The van der Waals surface area contributed by atoms with E-state index in [0.717, 1.165) is 74.0 Å². The fourth-order valence-corrected chi connectivity index (χ4v) is 4.27. The lowest BCUT2D eigenvalue weighted by Crippen LogP contribution is -2.36. The zero-order chi connectivity index (χ0) is 19.7. The number of carbonyl (C=O) groups excluding carboxylic acids is 1. The number of aromatic nitrogens is 3. The summed E-state index contributed by atoms with van der Waals surface area (Å²) < 4.78 is 8.14. The molecule has 2 aliphatic rings. The summed E-state index contributed by atoms with van der Waals surface area (Å²) in [7, 11) is 2.13. The van der Waals surface area contributed by atoms with Crippen LogP contribution < -0.4 is 4.74 Å². The van der Waals surface area contributed by atoms with Gasteiger partial charge in [0.25, 0.3) is 5.91 Å². The van der Waals surface area contributed by atoms with E-state index in [0.29, 0.717) is 0 Å². The molecule has 28 heavy (non-hydrogen) atoms. The van der Waals surface area contributed by atoms with Crippen molar-refractivity contribution in [3.05, 3.63) is 41.0 Å². The molecule has 1 atom stereocenters. The summed E-state index contributed by atoms with van der Waals surface area (Å²) in [6.07, 6.45) is 2.82. The van der Waals surface area contributed by atoms with Crippen LogP contribution in [0.5, 0.6) is 5.75 Å². The van der Waals surface area contributed by atoms with Crippen molar-refractivity contribution in [3.63, 3.8) is 0 Å². The average molecular weight is 383 g/mol. The number of rotatable bonds is 4. The monoisotopic (exact) mass is 383 g/mol. The number of likely N-dealkylation sites (tertiary alicyclic amines) is 1. The quantitative estimate of drug-likeness (QED) is 0.809. The van der Waals surface area contributed by atoms with Gasteiger partial charge in [0.1, 0.15) is 11.6 Å². The number of carbonyl (C=O) groups is 1. The van der Waals surface area contributed by atoms with E-state index in [1.54, 1.807) is 0 Å². The highest BCUT2D eigenvalue weighted by Gasteiger charge is 2.34. The lowest BCUT2D eigenvalue weighted by atomic mass is 10.1. The summed E-state index contributed by atoms with van der Waals surface area (Å²) in [5.74, 6) is 2.80. The number of hydrogen-bond acceptors (Lipinski definition) is 5. The smallest absolute Gasteiger partial charge is 0.261 e. The second kappa shape index (κ2) is 7.91. The molecule has 1 saturated heterocycles. The van der Waals surface area contributed by atoms with Crippen molar-refractivity contribution >= 4 is 5.91 Å². The molecule has 0 spiro atoms. The Balaban J connectivity index is 1.48. The molecule has 2 aromatic rings. The number of nitrogens with zero attached hydrogens (tertiary/aromatic N) is 5. The highest BCUT2D eigenvalue weighted by molar-refractivity contribution is 5.78. The maximum Gasteiger partial charge on any atom is 0.261 e. The normalized spacial score (nSPS) is 20.1. The molecule has 1 aromatic heterocycles. The fourth-order valence-electron chi connectivity index (χ4n) is 4.27. The van der Waals surface area contributed by atoms with Gasteiger partial charge in [-0.25, -0.2) is 0 Å². The van der Waals surface area contributed by atoms with Crippen LogP contribution in [-0.4, -0.2) is 63.8 Å². The Morgan fingerprint density at radius 2 is 1.93 bits per heavy atom. The van der Waals surface area contributed by atoms with Crippen LogP contribution in [0.1, 0.15) is 41.7 Å². The predicted octanol–water partition coefficient (Wildman–Crippen LogP) is 2.13. The number of para-hydroxylation sites is 1. The van der Waals surface area contributed by atoms with E-state index in [1.807, 2.05) is 36.9 Å². The Hall–Kier alpha value is -2.41. The maximum atomic E-state index is 13.0. The number of aryl methyl sites for hydroxylation is 2. The van der Waals surface area contributed by atoms with Gasteiger partial charge in [-0.1, -0.05) is 18.2 Å². The van der Waals surface area contributed by atoms with E-state index in [4.69, 9.17) is 4.74 Å². The number of hydrogen-bond donors (Lipinski definition) is 0. The van der Waals surface area contributed by atoms with Gasteiger partial charge < -0.3 is 19.1 Å². The lowest BCUT2D eigenvalue weighted by molar-refractivity contribution is -0.134. The third-order valence-electron chi connectivity index (χ3n) is 5.90. The largest absolute Gasteiger partial charge is 0.483 e. The minimum absolute atomic E-state index is 0.00118. The first-order chi connectivity index (χ1) is 13.5. The zero-order valence-corrected chi connectivity index (χ0v) is 17.0. The summed E-state index contributed by atoms with van der Waals surface area (Å²) >= 11 is 0. The molecule has 150 valence electrons. The van der Waals surface area contributed by atoms with Crippen molar-refractivity contribution < 1.29 is 9.53 Å². The highest BCUT2D eigenvalue weighted by atomic mass is 16.5. The van der Waals surface area contributed by atoms with Crippen molar-refractivity contribution in [1.29, 1.82) is 0 Å². The van der Waals surface area contributed by atoms with E-state index in [2.05, 4.69) is 26.7 Å². The topological polar surface area (TPSA) is 63.5 Å². The van der Waals surface area contributed by atoms with Crippen molar-refractivity contribution in [1.82, 2.24) is 24.6 Å². The minimum Gasteiger partial charge on any atom is -0.483 e. The third kappa shape index (κ3) is 3.63. The summed E-state index contributed by atoms with van der Waals surface area (Å²) in [5.41, 5.74) is 2.11. The standard InChI is InChI=1S/C21H29N5O2/c1-15-6-4-7-16(2)20(15)28-14-19(27)25-10-5-8-17(25)21-23-22-18-9-11-24(3)12-13-26(18)21/h4,6-7,17H,5,8-14H2,1-3H3/t17-/m0/s1. The van der Waals surface area contributed by atoms with Gasteiger partial charge in [-0.15, -0.1) is 10.2 Å². The molecule has 1 aromatic carbocycles. The van der Waals surface area contributed by atoms with Crippen LogP contribution in [0, 0.1) is 13.8 Å². The van der Waals surface area contributed by atoms with Gasteiger partial charge in [0.15, 0.2) is 12.4 Å². The molecule has 2 aliphatic heterocycles. The Labute approximate surface area is 166 Å². The molecular formula is C21H29N5O2. The first kappa shape index (κ1) is 18.9. The van der Waals surface area contributed by atoms with Crippen LogP contribution in [0.15, 0.2) is 18.2 Å². The zero-order valence-electron chi connectivity index (χ0n) is 17.0. The molecule has 3 heterocycles. The molecule has 0 N–H and O–H groups in total. The van der Waals surface area contributed by atoms with Crippen molar-refractivity contribution in [2.75, 3.05) is 33.3 Å². The molecule has 1 amide bonds. The van der Waals surface area contributed by atoms with E-state index in [1.165, 1.54) is 0 Å². The lowest BCUT2D eigenvalue weighted by Gasteiger charge is -2.25. The molecule has 7 nitrogen and oxygen atoms in total. The summed E-state index contributed by atoms with van der Waals surface area (Å²) in [4.78, 5) is 17.2. The van der Waals surface area contributed by atoms with E-state index in [-0.39, 0.29) is 18.6 Å². The Kier molecular flexibility index (Phi) is 5.35. The van der Waals surface area contributed by atoms with E-state index >= 15 is 0 Å². The van der Waals surface area contributed by atoms with Gasteiger partial charge in [-0.3, -0.25) is 4.79 Å². The SMILES string of the molecule is Cc1cccc(C)c1OCC(=O)N1CCC[C@H]1c1nnc2n1CCN(C)CC2. The van der Waals surface area contributed by atoms with Crippen LogP contribution in [0.2, 0.25) is 0 Å². The number of fused-ring (bicyclic) bond motifs is 1. The molecule has 0 bridgehead atoms. The van der Waals surface area contributed by atoms with Crippen molar-refractivity contribution in [3.8, 4) is 5.75 Å². The molecule has 0 aliphatic carbocycles. The van der Waals surface area contributed by atoms with Crippen LogP contribution in [0.4, 0.5) is 0 Å². The van der Waals surface area contributed by atoms with Gasteiger partial charge in [-0.05, 0) is 44.9 Å². The Bertz CT molecular complexity index is 842. The first-order valence-electron chi connectivity index (χ1n) is 10.1. The van der Waals surface area contributed by atoms with Crippen molar-refractivity contribution in [2.45, 2.75) is 45.7 Å². The first-order valence-corrected chi connectivity index (χ1v) is 10.1. The molecule has 1 fully saturated rings. The summed E-state index contributed by atoms with van der Waals surface area (Å²) in [5, 5.41) is 8.91. The Morgan fingerprint density at radius 3 is 2.71 bits per heavy atom. The van der Waals surface area contributed by atoms with Crippen LogP contribution in [0.3, 0.4) is 0 Å². The van der Waals surface area contributed by atoms with E-state index in [9.17, 15) is 4.79 Å². The highest BCUT2D eigenvalue weighted by Crippen LogP contribution is 2.32. The van der Waals surface area contributed by atoms with Crippen LogP contribution >= 0.6 is 0 Å². The molecule has 4 rings (SSSR count). The third-order valence-corrected chi connectivity index (χ3v) is 5.90. The summed E-state index contributed by atoms with van der Waals surface area (Å²) in [6, 6.07) is 6.02. The number of benzene rings is 1. The van der Waals surface area contributed by atoms with E-state index < -0.39 is 0 Å². The van der Waals surface area contributed by atoms with Gasteiger partial charge in [0.2, 0.25) is 0 Å². The second-order valence-corrected chi connectivity index (χ2v) is 7.93. The minimum atomic E-state index is -0.00118. The molecule has 0 radical (unpaired) electrons. The molecule has 7 heteroatoms. The van der Waals surface area contributed by atoms with Crippen molar-refractivity contribution in [2.24, 2.45) is 0 Å². The predicted molar refractivity (Wildman–Crippen MR) is 106 cm³/mol. The van der Waals surface area contributed by atoms with Crippen LogP contribution in [0.25, 0.3) is 0 Å². The molecule has 0 saturated carbocycles. The van der Waals surface area contributed by atoms with Crippen LogP contribution in [-0.2, 0) is 17.8 Å². The second-order valence-electron chi connectivity index (χ2n) is 7.93. The number of likely N-dealkylation sites (N-methyl/N-ethyl adjacent to an activating group) is 1. The summed E-state index contributed by atoms with van der Waals surface area (Å²) in [6.45, 7) is 7.69. The van der Waals surface area contributed by atoms with Gasteiger partial charge in [0.05, 0.1) is 6.04 Å². The van der Waals surface area contributed by atoms with Gasteiger partial charge in [-0.2, -0.15) is 0 Å². The number of amides is 1. The average Bonchev–Trinajstić information content (AvgIpc) is 3.26. The van der Waals surface area contributed by atoms with Gasteiger partial charge in [0, 0.05) is 32.6 Å². The Morgan fingerprint density at radius 1 is 1.14 bits per heavy atom. The fraction of sp³-hybridized carbons (Fsp3) is 0.571. The van der Waals surface area contributed by atoms with Gasteiger partial charge >= 0.3 is 0 Å². The maximum absolute atomic E-state index is 13.0. The molecular weight excluding hydrogens is 354 g/mol.